The molecule has 0 fully saturated rings. The monoisotopic (exact) mass is 388 g/mol. The first-order valence-corrected chi connectivity index (χ1v) is 9.12. The van der Waals surface area contributed by atoms with Crippen molar-refractivity contribution in [2.24, 2.45) is 0 Å². The topological polar surface area (TPSA) is 44.7 Å². The second kappa shape index (κ2) is 8.93. The summed E-state index contributed by atoms with van der Waals surface area (Å²) in [7, 11) is 1.44. The van der Waals surface area contributed by atoms with Crippen molar-refractivity contribution in [2.45, 2.75) is 12.8 Å². The summed E-state index contributed by atoms with van der Waals surface area (Å²) in [5, 5.41) is 12.2. The van der Waals surface area contributed by atoms with Crippen LogP contribution in [0, 0.1) is 5.82 Å². The Kier molecular flexibility index (Phi) is 6.37. The van der Waals surface area contributed by atoms with Gasteiger partial charge in [0.25, 0.3) is 0 Å². The molecule has 142 valence electrons. The number of hydrazine groups is 1. The number of hydrogen-bond donors (Lipinski definition) is 2. The van der Waals surface area contributed by atoms with E-state index >= 15 is 0 Å². The fourth-order valence-corrected chi connectivity index (χ4v) is 3.06. The first-order chi connectivity index (χ1) is 13.1. The van der Waals surface area contributed by atoms with Crippen LogP contribution in [0.3, 0.4) is 0 Å². The molecule has 1 heterocycles. The molecule has 27 heavy (non-hydrogen) atoms. The number of aliphatic hydroxyl groups excluding tert-OH is 1. The molecule has 1 aliphatic rings. The fourth-order valence-electron chi connectivity index (χ4n) is 2.94. The number of halogens is 2. The Morgan fingerprint density at radius 2 is 1.96 bits per heavy atom. The number of ether oxygens (including phenoxy) is 1. The van der Waals surface area contributed by atoms with Crippen LogP contribution in [-0.4, -0.2) is 30.4 Å². The van der Waals surface area contributed by atoms with Crippen molar-refractivity contribution in [3.63, 3.8) is 0 Å². The van der Waals surface area contributed by atoms with Crippen LogP contribution >= 0.6 is 11.6 Å². The third-order valence-electron chi connectivity index (χ3n) is 4.34. The summed E-state index contributed by atoms with van der Waals surface area (Å²) in [5.74, 6) is -0.222. The summed E-state index contributed by atoms with van der Waals surface area (Å²) in [5.41, 5.74) is 6.67. The highest BCUT2D eigenvalue weighted by Crippen LogP contribution is 2.24. The van der Waals surface area contributed by atoms with E-state index < -0.39 is 5.82 Å². The van der Waals surface area contributed by atoms with Gasteiger partial charge in [0, 0.05) is 23.3 Å². The lowest BCUT2D eigenvalue weighted by Gasteiger charge is -2.29. The molecule has 0 amide bonds. The van der Waals surface area contributed by atoms with E-state index in [4.69, 9.17) is 16.3 Å². The van der Waals surface area contributed by atoms with Crippen LogP contribution < -0.4 is 10.2 Å². The Labute approximate surface area is 163 Å². The SMILES string of the molecule is COc1ccc(C2=CC(CO)=CN(CCCc3ccc(Cl)cc3)N2)cc1F. The lowest BCUT2D eigenvalue weighted by Crippen LogP contribution is -2.36. The number of nitrogens with zero attached hydrogens (tertiary/aromatic N) is 1. The molecule has 0 radical (unpaired) electrons. The van der Waals surface area contributed by atoms with E-state index in [2.05, 4.69) is 5.43 Å². The maximum atomic E-state index is 14.0. The van der Waals surface area contributed by atoms with Gasteiger partial charge < -0.3 is 9.84 Å². The summed E-state index contributed by atoms with van der Waals surface area (Å²) in [4.78, 5) is 0. The summed E-state index contributed by atoms with van der Waals surface area (Å²) < 4.78 is 19.0. The molecule has 0 aliphatic carbocycles. The molecule has 0 bridgehead atoms. The lowest BCUT2D eigenvalue weighted by atomic mass is 10.1. The van der Waals surface area contributed by atoms with Gasteiger partial charge in [0.15, 0.2) is 11.6 Å². The van der Waals surface area contributed by atoms with Crippen molar-refractivity contribution in [1.29, 1.82) is 0 Å². The van der Waals surface area contributed by atoms with Crippen LogP contribution in [0.4, 0.5) is 4.39 Å². The van der Waals surface area contributed by atoms with Crippen LogP contribution in [-0.2, 0) is 6.42 Å². The van der Waals surface area contributed by atoms with Crippen molar-refractivity contribution < 1.29 is 14.2 Å². The first kappa shape index (κ1) is 19.3. The van der Waals surface area contributed by atoms with Gasteiger partial charge in [-0.3, -0.25) is 10.4 Å². The van der Waals surface area contributed by atoms with E-state index in [0.29, 0.717) is 5.56 Å². The van der Waals surface area contributed by atoms with Crippen LogP contribution in [0.2, 0.25) is 5.02 Å². The van der Waals surface area contributed by atoms with Gasteiger partial charge in [-0.15, -0.1) is 0 Å². The number of aliphatic hydroxyl groups is 1. The van der Waals surface area contributed by atoms with E-state index in [1.807, 2.05) is 41.6 Å². The zero-order valence-corrected chi connectivity index (χ0v) is 15.8. The minimum Gasteiger partial charge on any atom is -0.494 e. The third kappa shape index (κ3) is 5.02. The molecular weight excluding hydrogens is 367 g/mol. The quantitative estimate of drug-likeness (QED) is 0.747. The number of nitrogens with one attached hydrogen (secondary N) is 1. The molecule has 0 unspecified atom stereocenters. The molecule has 1 aliphatic heterocycles. The van der Waals surface area contributed by atoms with Crippen LogP contribution in [0.1, 0.15) is 17.5 Å². The zero-order chi connectivity index (χ0) is 19.2. The van der Waals surface area contributed by atoms with Crippen molar-refractivity contribution in [2.75, 3.05) is 20.3 Å². The molecule has 3 rings (SSSR count). The highest BCUT2D eigenvalue weighted by atomic mass is 35.5. The van der Waals surface area contributed by atoms with E-state index in [0.717, 1.165) is 35.7 Å². The molecule has 0 saturated carbocycles. The van der Waals surface area contributed by atoms with Gasteiger partial charge in [-0.1, -0.05) is 23.7 Å². The van der Waals surface area contributed by atoms with Crippen LogP contribution in [0.15, 0.2) is 60.3 Å². The molecule has 0 saturated heterocycles. The molecule has 0 spiro atoms. The van der Waals surface area contributed by atoms with E-state index in [9.17, 15) is 9.50 Å². The Balaban J connectivity index is 1.66. The standard InChI is InChI=1S/C21H22ClFN2O2/c1-27-21-9-6-17(12-19(21)23)20-11-16(14-26)13-25(24-20)10-2-3-15-4-7-18(22)8-5-15/h4-9,11-13,24,26H,2-3,10,14H2,1H3. The van der Waals surface area contributed by atoms with Gasteiger partial charge in [0.2, 0.25) is 0 Å². The van der Waals surface area contributed by atoms with Crippen molar-refractivity contribution in [3.05, 3.63) is 82.3 Å². The number of benzene rings is 2. The van der Waals surface area contributed by atoms with Crippen LogP contribution in [0.5, 0.6) is 5.75 Å². The average Bonchev–Trinajstić information content (AvgIpc) is 2.69. The van der Waals surface area contributed by atoms with Gasteiger partial charge in [0.05, 0.1) is 19.4 Å². The summed E-state index contributed by atoms with van der Waals surface area (Å²) in [6.07, 6.45) is 5.50. The molecule has 2 N–H and O–H groups in total. The summed E-state index contributed by atoms with van der Waals surface area (Å²) in [6, 6.07) is 12.6. The molecule has 2 aromatic rings. The number of rotatable bonds is 7. The van der Waals surface area contributed by atoms with Gasteiger partial charge in [-0.25, -0.2) is 4.39 Å². The van der Waals surface area contributed by atoms with Crippen molar-refractivity contribution >= 4 is 17.3 Å². The number of methoxy groups -OCH3 is 1. The first-order valence-electron chi connectivity index (χ1n) is 8.74. The normalized spacial score (nSPS) is 13.7. The average molecular weight is 389 g/mol. The van der Waals surface area contributed by atoms with Gasteiger partial charge >= 0.3 is 0 Å². The second-order valence-electron chi connectivity index (χ2n) is 6.30. The Morgan fingerprint density at radius 3 is 2.63 bits per heavy atom. The Bertz CT molecular complexity index is 850. The van der Waals surface area contributed by atoms with Gasteiger partial charge in [0.1, 0.15) is 0 Å². The summed E-state index contributed by atoms with van der Waals surface area (Å²) in [6.45, 7) is 0.652. The minimum atomic E-state index is -0.424. The zero-order valence-electron chi connectivity index (χ0n) is 15.1. The maximum Gasteiger partial charge on any atom is 0.165 e. The fraction of sp³-hybridized carbons (Fsp3) is 0.238. The predicted octanol–water partition coefficient (Wildman–Crippen LogP) is 4.16. The van der Waals surface area contributed by atoms with E-state index in [-0.39, 0.29) is 12.4 Å². The summed E-state index contributed by atoms with van der Waals surface area (Å²) >= 11 is 5.91. The highest BCUT2D eigenvalue weighted by Gasteiger charge is 2.14. The molecule has 0 atom stereocenters. The molecule has 0 aromatic heterocycles. The minimum absolute atomic E-state index is 0.0858. The smallest absolute Gasteiger partial charge is 0.165 e. The number of hydrogen-bond acceptors (Lipinski definition) is 4. The lowest BCUT2D eigenvalue weighted by molar-refractivity contribution is 0.295. The van der Waals surface area contributed by atoms with Gasteiger partial charge in [-0.2, -0.15) is 0 Å². The largest absolute Gasteiger partial charge is 0.494 e. The maximum absolute atomic E-state index is 14.0. The molecular formula is C21H22ClFN2O2. The van der Waals surface area contributed by atoms with E-state index in [1.165, 1.54) is 18.7 Å². The van der Waals surface area contributed by atoms with Gasteiger partial charge in [-0.05, 0) is 60.4 Å². The molecule has 4 nitrogen and oxygen atoms in total. The third-order valence-corrected chi connectivity index (χ3v) is 4.59. The van der Waals surface area contributed by atoms with Crippen LogP contribution in [0.25, 0.3) is 5.70 Å². The second-order valence-corrected chi connectivity index (χ2v) is 6.74. The number of aryl methyl sites for hydroxylation is 1. The van der Waals surface area contributed by atoms with E-state index in [1.54, 1.807) is 12.1 Å². The van der Waals surface area contributed by atoms with Crippen molar-refractivity contribution in [1.82, 2.24) is 10.4 Å². The van der Waals surface area contributed by atoms with Crippen molar-refractivity contribution in [3.8, 4) is 5.75 Å². The predicted molar refractivity (Wildman–Crippen MR) is 106 cm³/mol. The Hall–Kier alpha value is -2.50. The Morgan fingerprint density at radius 1 is 1.19 bits per heavy atom. The highest BCUT2D eigenvalue weighted by molar-refractivity contribution is 6.30. The molecule has 2 aromatic carbocycles. The molecule has 6 heteroatoms.